The molecule has 0 spiro atoms. The van der Waals surface area contributed by atoms with Crippen molar-refractivity contribution in [3.63, 3.8) is 0 Å². The van der Waals surface area contributed by atoms with Crippen molar-refractivity contribution in [3.05, 3.63) is 28.2 Å². The predicted molar refractivity (Wildman–Crippen MR) is 77.1 cm³/mol. The van der Waals surface area contributed by atoms with Gasteiger partial charge in [0, 0.05) is 20.7 Å². The van der Waals surface area contributed by atoms with Crippen LogP contribution in [0.25, 0.3) is 0 Å². The van der Waals surface area contributed by atoms with Gasteiger partial charge in [0.05, 0.1) is 0 Å². The first-order chi connectivity index (χ1) is 7.52. The molecule has 2 N–H and O–H groups in total. The van der Waals surface area contributed by atoms with Crippen molar-refractivity contribution in [1.82, 2.24) is 0 Å². The second-order valence-electron chi connectivity index (χ2n) is 4.29. The van der Waals surface area contributed by atoms with Gasteiger partial charge in [-0.05, 0) is 30.5 Å². The third kappa shape index (κ3) is 4.48. The number of hydrogen-bond donors (Lipinski definition) is 1. The van der Waals surface area contributed by atoms with E-state index in [1.54, 1.807) is 0 Å². The van der Waals surface area contributed by atoms with Crippen LogP contribution in [0.1, 0.15) is 32.8 Å². The third-order valence-electron chi connectivity index (χ3n) is 2.40. The molecule has 0 radical (unpaired) electrons. The van der Waals surface area contributed by atoms with Crippen molar-refractivity contribution in [2.45, 2.75) is 49.8 Å². The molecular weight excluding hydrogens is 282 g/mol. The second kappa shape index (κ2) is 6.67. The molecule has 90 valence electrons. The lowest BCUT2D eigenvalue weighted by Crippen LogP contribution is -2.21. The molecule has 0 amide bonds. The highest BCUT2D eigenvalue weighted by atomic mass is 79.9. The molecule has 3 heteroatoms. The molecular formula is C13H20BrNS. The summed E-state index contributed by atoms with van der Waals surface area (Å²) < 4.78 is 1.14. The summed E-state index contributed by atoms with van der Waals surface area (Å²) in [6.07, 6.45) is 2.00. The summed E-state index contributed by atoms with van der Waals surface area (Å²) >= 11 is 5.43. The van der Waals surface area contributed by atoms with E-state index in [4.69, 9.17) is 5.73 Å². The predicted octanol–water partition coefficient (Wildman–Crippen LogP) is 4.23. The highest BCUT2D eigenvalue weighted by Gasteiger charge is 2.09. The van der Waals surface area contributed by atoms with E-state index in [0.717, 1.165) is 17.3 Å². The van der Waals surface area contributed by atoms with Gasteiger partial charge < -0.3 is 5.73 Å². The molecule has 1 aromatic rings. The van der Waals surface area contributed by atoms with Gasteiger partial charge >= 0.3 is 0 Å². The third-order valence-corrected chi connectivity index (χ3v) is 4.00. The molecule has 0 aliphatic carbocycles. The Kier molecular flexibility index (Phi) is 5.87. The van der Waals surface area contributed by atoms with Crippen molar-refractivity contribution >= 4 is 27.7 Å². The van der Waals surface area contributed by atoms with Crippen LogP contribution in [0.15, 0.2) is 27.6 Å². The summed E-state index contributed by atoms with van der Waals surface area (Å²) in [5.74, 6) is 0. The van der Waals surface area contributed by atoms with Crippen molar-refractivity contribution in [2.24, 2.45) is 5.73 Å². The number of rotatable bonds is 5. The monoisotopic (exact) mass is 301 g/mol. The summed E-state index contributed by atoms with van der Waals surface area (Å²) in [5, 5.41) is 0.603. The largest absolute Gasteiger partial charge is 0.327 e. The van der Waals surface area contributed by atoms with Crippen molar-refractivity contribution in [1.29, 1.82) is 0 Å². The van der Waals surface area contributed by atoms with Crippen LogP contribution in [-0.4, -0.2) is 11.3 Å². The summed E-state index contributed by atoms with van der Waals surface area (Å²) in [4.78, 5) is 1.35. The van der Waals surface area contributed by atoms with Crippen molar-refractivity contribution in [3.8, 4) is 0 Å². The summed E-state index contributed by atoms with van der Waals surface area (Å²) in [5.41, 5.74) is 7.39. The Morgan fingerprint density at radius 2 is 2.06 bits per heavy atom. The Morgan fingerprint density at radius 1 is 1.38 bits per heavy atom. The summed E-state index contributed by atoms with van der Waals surface area (Å²) in [7, 11) is 0. The second-order valence-corrected chi connectivity index (χ2v) is 6.83. The van der Waals surface area contributed by atoms with Crippen LogP contribution >= 0.6 is 27.7 Å². The summed E-state index contributed by atoms with van der Waals surface area (Å²) in [6, 6.07) is 6.75. The van der Waals surface area contributed by atoms with Crippen LogP contribution in [0.5, 0.6) is 0 Å². The molecule has 1 aromatic carbocycles. The first kappa shape index (κ1) is 14.1. The average Bonchev–Trinajstić information content (AvgIpc) is 2.21. The minimum atomic E-state index is 0.271. The van der Waals surface area contributed by atoms with Crippen molar-refractivity contribution in [2.75, 3.05) is 0 Å². The van der Waals surface area contributed by atoms with E-state index in [2.05, 4.69) is 54.9 Å². The molecule has 1 unspecified atom stereocenters. The molecule has 0 aromatic heterocycles. The van der Waals surface area contributed by atoms with E-state index >= 15 is 0 Å². The molecule has 1 rings (SSSR count). The van der Waals surface area contributed by atoms with Gasteiger partial charge in [-0.1, -0.05) is 42.8 Å². The van der Waals surface area contributed by atoms with Crippen LogP contribution < -0.4 is 5.73 Å². The van der Waals surface area contributed by atoms with Gasteiger partial charge in [-0.25, -0.2) is 0 Å². The number of hydrogen-bond acceptors (Lipinski definition) is 2. The van der Waals surface area contributed by atoms with Gasteiger partial charge in [0.1, 0.15) is 0 Å². The first-order valence-corrected chi connectivity index (χ1v) is 7.40. The average molecular weight is 302 g/mol. The van der Waals surface area contributed by atoms with Crippen LogP contribution in [0.3, 0.4) is 0 Å². The van der Waals surface area contributed by atoms with Gasteiger partial charge in [-0.2, -0.15) is 0 Å². The van der Waals surface area contributed by atoms with E-state index < -0.39 is 0 Å². The van der Waals surface area contributed by atoms with Crippen molar-refractivity contribution < 1.29 is 0 Å². The quantitative estimate of drug-likeness (QED) is 0.824. The van der Waals surface area contributed by atoms with Crippen LogP contribution in [0, 0.1) is 0 Å². The Bertz CT molecular complexity index is 339. The first-order valence-electron chi connectivity index (χ1n) is 5.73. The molecule has 0 saturated heterocycles. The fourth-order valence-corrected chi connectivity index (χ4v) is 3.01. The number of benzene rings is 1. The highest BCUT2D eigenvalue weighted by Crippen LogP contribution is 2.30. The molecule has 1 nitrogen and oxygen atoms in total. The zero-order chi connectivity index (χ0) is 12.1. The molecule has 16 heavy (non-hydrogen) atoms. The van der Waals surface area contributed by atoms with Gasteiger partial charge in [0.25, 0.3) is 0 Å². The molecule has 0 saturated carbocycles. The minimum absolute atomic E-state index is 0.271. The zero-order valence-electron chi connectivity index (χ0n) is 10.2. The smallest absolute Gasteiger partial charge is 0.0186 e. The maximum Gasteiger partial charge on any atom is 0.0186 e. The fraction of sp³-hybridized carbons (Fsp3) is 0.538. The SMILES string of the molecule is CCC(N)Cc1ccc(Br)cc1SC(C)C. The Labute approximate surface area is 111 Å². The van der Waals surface area contributed by atoms with Crippen LogP contribution in [0.2, 0.25) is 0 Å². The molecule has 0 aliphatic heterocycles. The maximum atomic E-state index is 6.02. The Balaban J connectivity index is 2.88. The standard InChI is InChI=1S/C13H20BrNS/c1-4-12(15)7-10-5-6-11(14)8-13(10)16-9(2)3/h5-6,8-9,12H,4,7,15H2,1-3H3. The molecule has 0 aliphatic rings. The van der Waals surface area contributed by atoms with E-state index in [1.807, 2.05) is 11.8 Å². The highest BCUT2D eigenvalue weighted by molar-refractivity contribution is 9.10. The molecule has 0 heterocycles. The topological polar surface area (TPSA) is 26.0 Å². The number of thioether (sulfide) groups is 1. The van der Waals surface area contributed by atoms with Gasteiger partial charge in [-0.3, -0.25) is 0 Å². The Morgan fingerprint density at radius 3 is 2.62 bits per heavy atom. The minimum Gasteiger partial charge on any atom is -0.327 e. The van der Waals surface area contributed by atoms with E-state index in [0.29, 0.717) is 5.25 Å². The molecule has 0 bridgehead atoms. The Hall–Kier alpha value is 0.01000. The lowest BCUT2D eigenvalue weighted by atomic mass is 10.1. The fourth-order valence-electron chi connectivity index (χ4n) is 1.49. The van der Waals surface area contributed by atoms with E-state index in [9.17, 15) is 0 Å². The van der Waals surface area contributed by atoms with Gasteiger partial charge in [-0.15, -0.1) is 11.8 Å². The van der Waals surface area contributed by atoms with E-state index in [-0.39, 0.29) is 6.04 Å². The summed E-state index contributed by atoms with van der Waals surface area (Å²) in [6.45, 7) is 6.57. The van der Waals surface area contributed by atoms with Gasteiger partial charge in [0.2, 0.25) is 0 Å². The molecule has 1 atom stereocenters. The van der Waals surface area contributed by atoms with E-state index in [1.165, 1.54) is 10.5 Å². The van der Waals surface area contributed by atoms with Crippen LogP contribution in [-0.2, 0) is 6.42 Å². The maximum absolute atomic E-state index is 6.02. The van der Waals surface area contributed by atoms with Gasteiger partial charge in [0.15, 0.2) is 0 Å². The lowest BCUT2D eigenvalue weighted by molar-refractivity contribution is 0.641. The normalized spacial score (nSPS) is 13.1. The molecule has 0 fully saturated rings. The number of nitrogens with two attached hydrogens (primary N) is 1. The van der Waals surface area contributed by atoms with Crippen LogP contribution in [0.4, 0.5) is 0 Å². The zero-order valence-corrected chi connectivity index (χ0v) is 12.6. The lowest BCUT2D eigenvalue weighted by Gasteiger charge is -2.15. The number of halogens is 1.